The maximum atomic E-state index is 14.5. The second-order valence-corrected chi connectivity index (χ2v) is 18.2. The molecular formula is C35H58N6O6S. The lowest BCUT2D eigenvalue weighted by Crippen LogP contribution is -2.66. The highest BCUT2D eigenvalue weighted by Crippen LogP contribution is 2.58. The Balaban J connectivity index is 1.55. The Kier molecular flexibility index (Phi) is 11.7. The molecule has 4 rings (SSSR count). The van der Waals surface area contributed by atoms with Gasteiger partial charge in [0.05, 0.1) is 21.3 Å². The molecule has 0 bridgehead atoms. The molecule has 2 saturated heterocycles. The van der Waals surface area contributed by atoms with Gasteiger partial charge in [-0.25, -0.2) is 13.4 Å². The number of likely N-dealkylation sites (tertiary alicyclic amines) is 1. The van der Waals surface area contributed by atoms with E-state index in [0.717, 1.165) is 32.1 Å². The fourth-order valence-corrected chi connectivity index (χ4v) is 11.4. The Morgan fingerprint density at radius 1 is 1.04 bits per heavy atom. The zero-order valence-electron chi connectivity index (χ0n) is 29.8. The van der Waals surface area contributed by atoms with Gasteiger partial charge in [-0.1, -0.05) is 79.7 Å². The quantitative estimate of drug-likeness (QED) is 0.160. The van der Waals surface area contributed by atoms with Crippen molar-refractivity contribution in [2.45, 2.75) is 141 Å². The highest BCUT2D eigenvalue weighted by atomic mass is 32.2. The summed E-state index contributed by atoms with van der Waals surface area (Å²) in [6, 6.07) is -3.37. The number of fused-ring (bicyclic) bond motifs is 1. The fraction of sp³-hybridized carbons (Fsp3) is 0.800. The van der Waals surface area contributed by atoms with Gasteiger partial charge in [-0.3, -0.25) is 19.2 Å². The number of carbonyl (C=O) groups is 5. The molecule has 3 heterocycles. The van der Waals surface area contributed by atoms with Crippen LogP contribution in [-0.2, 0) is 28.9 Å². The number of unbranched alkanes of at least 4 members (excludes halogenated alkanes) is 1. The van der Waals surface area contributed by atoms with Crippen molar-refractivity contribution in [2.24, 2.45) is 21.6 Å². The summed E-state index contributed by atoms with van der Waals surface area (Å²) in [5, 5.41) is 11.5. The normalized spacial score (nSPS) is 28.8. The molecule has 0 aromatic heterocycles. The van der Waals surface area contributed by atoms with Gasteiger partial charge < -0.3 is 26.2 Å². The minimum atomic E-state index is -2.34. The second-order valence-electron chi connectivity index (χ2n) is 15.6. The molecular weight excluding hydrogens is 632 g/mol. The third-order valence-electron chi connectivity index (χ3n) is 10.9. The molecule has 3 aliphatic heterocycles. The molecule has 4 N–H and O–H groups in total. The van der Waals surface area contributed by atoms with Crippen LogP contribution in [0, 0.1) is 17.3 Å². The summed E-state index contributed by atoms with van der Waals surface area (Å²) < 4.78 is 18.1. The van der Waals surface area contributed by atoms with Crippen molar-refractivity contribution >= 4 is 39.3 Å². The lowest BCUT2D eigenvalue weighted by Gasteiger charge is -2.43. The van der Waals surface area contributed by atoms with Crippen molar-refractivity contribution in [2.75, 3.05) is 18.8 Å². The molecule has 3 fully saturated rings. The average molecular weight is 691 g/mol. The van der Waals surface area contributed by atoms with Gasteiger partial charge in [-0.05, 0) is 55.8 Å². The van der Waals surface area contributed by atoms with Crippen LogP contribution in [-0.4, -0.2) is 86.0 Å². The summed E-state index contributed by atoms with van der Waals surface area (Å²) in [5.74, 6) is -1.94. The van der Waals surface area contributed by atoms with Crippen molar-refractivity contribution in [3.05, 3.63) is 12.7 Å². The van der Waals surface area contributed by atoms with Gasteiger partial charge in [0.25, 0.3) is 5.91 Å². The molecule has 270 valence electrons. The Bertz CT molecular complexity index is 1390. The van der Waals surface area contributed by atoms with Gasteiger partial charge in [0.1, 0.15) is 12.1 Å². The van der Waals surface area contributed by atoms with E-state index in [1.54, 1.807) is 4.90 Å². The molecule has 12 nitrogen and oxygen atoms in total. The molecule has 0 aromatic rings. The highest BCUT2D eigenvalue weighted by molar-refractivity contribution is 8.00. The van der Waals surface area contributed by atoms with Crippen molar-refractivity contribution in [3.63, 3.8) is 0 Å². The van der Waals surface area contributed by atoms with Crippen LogP contribution in [0.25, 0.3) is 0 Å². The summed E-state index contributed by atoms with van der Waals surface area (Å²) in [4.78, 5) is 68.9. The predicted molar refractivity (Wildman–Crippen MR) is 186 cm³/mol. The monoisotopic (exact) mass is 690 g/mol. The zero-order chi connectivity index (χ0) is 35.5. The van der Waals surface area contributed by atoms with Crippen LogP contribution in [0.1, 0.15) is 112 Å². The number of Topliss-reactive ketones (excluding diaryl/α,β-unsaturated/α-hetero) is 1. The second kappa shape index (κ2) is 14.9. The molecule has 1 aliphatic carbocycles. The van der Waals surface area contributed by atoms with Gasteiger partial charge in [0.2, 0.25) is 17.6 Å². The highest BCUT2D eigenvalue weighted by Gasteiger charge is 2.70. The van der Waals surface area contributed by atoms with Crippen molar-refractivity contribution < 1.29 is 28.2 Å². The van der Waals surface area contributed by atoms with E-state index in [1.165, 1.54) is 6.08 Å². The van der Waals surface area contributed by atoms with Crippen LogP contribution < -0.4 is 21.3 Å². The molecule has 6 atom stereocenters. The van der Waals surface area contributed by atoms with E-state index in [0.29, 0.717) is 50.8 Å². The Hall–Kier alpha value is -2.96. The number of urea groups is 1. The summed E-state index contributed by atoms with van der Waals surface area (Å²) in [6.45, 7) is 15.6. The maximum absolute atomic E-state index is 14.5. The van der Waals surface area contributed by atoms with Crippen LogP contribution in [0.15, 0.2) is 17.0 Å². The summed E-state index contributed by atoms with van der Waals surface area (Å²) in [5.41, 5.74) is -1.41. The van der Waals surface area contributed by atoms with Crippen LogP contribution >= 0.6 is 0 Å². The fourth-order valence-electron chi connectivity index (χ4n) is 8.19. The van der Waals surface area contributed by atoms with Gasteiger partial charge in [0.15, 0.2) is 4.87 Å². The standard InChI is InChI=1S/C35H58N6O6S/c1-8-10-15-25(27(42)30(44)36-20-9-2)37-29(43)26-24(23(3)4)16-21-41(26)31(45)28(33(5,6)7)38-32(46)39-34(17-12-11-13-18-34)35-19-14-22-48(35,47)40-35/h9,23-26,28H,2,8,10-22H2,1,3-7H3,(H,36,44)(H,37,43)(H2,38,39,46)/t24-,25+,26+,28-,35?,48?/m1/s1. The van der Waals surface area contributed by atoms with Crippen LogP contribution in [0.4, 0.5) is 4.79 Å². The van der Waals surface area contributed by atoms with Crippen molar-refractivity contribution in [1.29, 1.82) is 0 Å². The third-order valence-corrected chi connectivity index (χ3v) is 13.9. The molecule has 13 heteroatoms. The Labute approximate surface area is 286 Å². The number of amides is 5. The predicted octanol–water partition coefficient (Wildman–Crippen LogP) is 3.79. The number of ketones is 1. The average Bonchev–Trinajstić information content (AvgIpc) is 3.30. The number of hydrogen-bond donors (Lipinski definition) is 4. The van der Waals surface area contributed by atoms with Gasteiger partial charge in [-0.15, -0.1) is 6.58 Å². The number of carbonyl (C=O) groups excluding carboxylic acids is 5. The molecule has 4 aliphatic rings. The first kappa shape index (κ1) is 37.9. The molecule has 0 spiro atoms. The number of rotatable bonds is 14. The summed E-state index contributed by atoms with van der Waals surface area (Å²) in [6.07, 6.45) is 9.54. The van der Waals surface area contributed by atoms with Crippen molar-refractivity contribution in [3.8, 4) is 0 Å². The molecule has 5 amide bonds. The van der Waals surface area contributed by atoms with E-state index >= 15 is 0 Å². The van der Waals surface area contributed by atoms with Gasteiger partial charge in [0, 0.05) is 18.8 Å². The Morgan fingerprint density at radius 2 is 1.73 bits per heavy atom. The minimum absolute atomic E-state index is 0.0533. The van der Waals surface area contributed by atoms with Crippen LogP contribution in [0.2, 0.25) is 0 Å². The molecule has 0 aromatic carbocycles. The summed E-state index contributed by atoms with van der Waals surface area (Å²) in [7, 11) is -2.34. The lowest BCUT2D eigenvalue weighted by molar-refractivity contribution is -0.144. The van der Waals surface area contributed by atoms with E-state index < -0.39 is 67.3 Å². The van der Waals surface area contributed by atoms with E-state index in [9.17, 15) is 28.2 Å². The number of nitrogens with one attached hydrogen (secondary N) is 4. The van der Waals surface area contributed by atoms with Gasteiger partial charge >= 0.3 is 6.03 Å². The molecule has 48 heavy (non-hydrogen) atoms. The maximum Gasteiger partial charge on any atom is 0.316 e. The van der Waals surface area contributed by atoms with Crippen molar-refractivity contribution in [1.82, 2.24) is 26.2 Å². The SMILES string of the molecule is C=CCNC(=O)C(=O)[C@H](CCCC)NC(=O)[C@@H]1[C@@H](C(C)C)CCN1C(=O)[C@@H](NC(=O)NC1(C23CCCS2(=O)=N3)CCCCC1)C(C)(C)C. The van der Waals surface area contributed by atoms with Crippen LogP contribution in [0.3, 0.4) is 0 Å². The smallest absolute Gasteiger partial charge is 0.316 e. The largest absolute Gasteiger partial charge is 0.346 e. The third kappa shape index (κ3) is 7.45. The number of nitrogens with zero attached hydrogens (tertiary/aromatic N) is 2. The van der Waals surface area contributed by atoms with E-state index in [4.69, 9.17) is 0 Å². The minimum Gasteiger partial charge on any atom is -0.346 e. The Morgan fingerprint density at radius 3 is 2.27 bits per heavy atom. The molecule has 0 radical (unpaired) electrons. The topological polar surface area (TPSA) is 166 Å². The lowest BCUT2D eigenvalue weighted by atomic mass is 9.75. The van der Waals surface area contributed by atoms with E-state index in [1.807, 2.05) is 41.5 Å². The van der Waals surface area contributed by atoms with Gasteiger partial charge in [-0.2, -0.15) is 0 Å². The number of hydrogen-bond acceptors (Lipinski definition) is 7. The van der Waals surface area contributed by atoms with E-state index in [2.05, 4.69) is 32.2 Å². The molecule has 1 saturated carbocycles. The first-order valence-electron chi connectivity index (χ1n) is 17.9. The first-order chi connectivity index (χ1) is 22.6. The molecule has 2 unspecified atom stereocenters. The first-order valence-corrected chi connectivity index (χ1v) is 19.6. The van der Waals surface area contributed by atoms with E-state index in [-0.39, 0.29) is 24.3 Å². The van der Waals surface area contributed by atoms with Crippen LogP contribution in [0.5, 0.6) is 0 Å². The summed E-state index contributed by atoms with van der Waals surface area (Å²) >= 11 is 0. The zero-order valence-corrected chi connectivity index (χ0v) is 30.6.